The van der Waals surface area contributed by atoms with Crippen LogP contribution in [-0.2, 0) is 14.3 Å². The number of amides is 1. The lowest BCUT2D eigenvalue weighted by molar-refractivity contribution is -0.135. The first kappa shape index (κ1) is 16.8. The van der Waals surface area contributed by atoms with Gasteiger partial charge >= 0.3 is 5.97 Å². The van der Waals surface area contributed by atoms with Gasteiger partial charge in [-0.15, -0.1) is 0 Å². The van der Waals surface area contributed by atoms with Crippen molar-refractivity contribution < 1.29 is 14.3 Å². The molecule has 0 spiro atoms. The molecule has 0 bridgehead atoms. The maximum Gasteiger partial charge on any atom is 0.332 e. The Labute approximate surface area is 146 Å². The molecule has 5 nitrogen and oxygen atoms in total. The normalized spacial score (nSPS) is 20.0. The molecular formula is C20H20N2O3. The van der Waals surface area contributed by atoms with Crippen LogP contribution in [0.25, 0.3) is 0 Å². The lowest BCUT2D eigenvalue weighted by Crippen LogP contribution is -2.64. The first-order chi connectivity index (χ1) is 12.1. The van der Waals surface area contributed by atoms with Crippen molar-refractivity contribution in [2.24, 2.45) is 0 Å². The van der Waals surface area contributed by atoms with E-state index in [9.17, 15) is 9.59 Å². The molecule has 3 rings (SSSR count). The molecule has 0 radical (unpaired) electrons. The third kappa shape index (κ3) is 3.40. The zero-order valence-corrected chi connectivity index (χ0v) is 14.2. The summed E-state index contributed by atoms with van der Waals surface area (Å²) in [7, 11) is 1.32. The predicted molar refractivity (Wildman–Crippen MR) is 95.8 cm³/mol. The van der Waals surface area contributed by atoms with E-state index in [0.717, 1.165) is 11.3 Å². The van der Waals surface area contributed by atoms with Crippen LogP contribution in [0.15, 0.2) is 72.4 Å². The van der Waals surface area contributed by atoms with Crippen molar-refractivity contribution in [2.45, 2.75) is 19.0 Å². The number of methoxy groups -OCH3 is 1. The van der Waals surface area contributed by atoms with Crippen LogP contribution in [0.4, 0.5) is 5.69 Å². The van der Waals surface area contributed by atoms with Crippen molar-refractivity contribution >= 4 is 17.6 Å². The molecule has 1 aliphatic rings. The molecule has 0 aromatic heterocycles. The summed E-state index contributed by atoms with van der Waals surface area (Å²) in [6.45, 7) is 1.75. The molecule has 1 saturated heterocycles. The average Bonchev–Trinajstić information content (AvgIpc) is 2.65. The summed E-state index contributed by atoms with van der Waals surface area (Å²) in [6.07, 6.45) is 1.35. The molecule has 0 unspecified atom stereocenters. The third-order valence-corrected chi connectivity index (χ3v) is 4.19. The maximum atomic E-state index is 12.8. The van der Waals surface area contributed by atoms with Gasteiger partial charge in [-0.3, -0.25) is 4.79 Å². The first-order valence-electron chi connectivity index (χ1n) is 8.07. The summed E-state index contributed by atoms with van der Waals surface area (Å²) in [5.41, 5.74) is 2.49. The Bertz CT molecular complexity index is 787. The van der Waals surface area contributed by atoms with Crippen molar-refractivity contribution in [1.29, 1.82) is 0 Å². The average molecular weight is 336 g/mol. The largest absolute Gasteiger partial charge is 0.466 e. The Balaban J connectivity index is 1.89. The molecule has 0 saturated carbocycles. The van der Waals surface area contributed by atoms with Gasteiger partial charge in [-0.25, -0.2) is 4.79 Å². The lowest BCUT2D eigenvalue weighted by Gasteiger charge is -2.48. The highest BCUT2D eigenvalue weighted by Gasteiger charge is 2.48. The number of esters is 1. The Kier molecular flexibility index (Phi) is 4.84. The molecule has 2 aromatic carbocycles. The van der Waals surface area contributed by atoms with Crippen LogP contribution in [0.2, 0.25) is 0 Å². The van der Waals surface area contributed by atoms with Gasteiger partial charge in [-0.05, 0) is 24.6 Å². The Morgan fingerprint density at radius 3 is 2.28 bits per heavy atom. The second-order valence-corrected chi connectivity index (χ2v) is 5.87. The first-order valence-corrected chi connectivity index (χ1v) is 8.07. The second-order valence-electron chi connectivity index (χ2n) is 5.87. The molecule has 5 heteroatoms. The smallest absolute Gasteiger partial charge is 0.332 e. The summed E-state index contributed by atoms with van der Waals surface area (Å²) in [5.74, 6) is -0.481. The SMILES string of the molecule is COC(=O)C=C(C)N[C@H]1C(=O)N(c2ccccc2)[C@H]1c1ccccc1. The standard InChI is InChI=1S/C20H20N2O3/c1-14(13-17(23)25-2)21-18-19(15-9-5-3-6-10-15)22(20(18)24)16-11-7-4-8-12-16/h3-13,18-19,21H,1-2H3/t18-,19+/m1/s1. The van der Waals surface area contributed by atoms with Crippen molar-refractivity contribution in [3.63, 3.8) is 0 Å². The summed E-state index contributed by atoms with van der Waals surface area (Å²) in [5, 5.41) is 3.15. The van der Waals surface area contributed by atoms with E-state index >= 15 is 0 Å². The number of nitrogens with zero attached hydrogens (tertiary/aromatic N) is 1. The van der Waals surface area contributed by atoms with Gasteiger partial charge in [0.15, 0.2) is 0 Å². The predicted octanol–water partition coefficient (Wildman–Crippen LogP) is 2.81. The van der Waals surface area contributed by atoms with Gasteiger partial charge in [0, 0.05) is 17.5 Å². The highest BCUT2D eigenvalue weighted by Crippen LogP contribution is 2.39. The second kappa shape index (κ2) is 7.21. The van der Waals surface area contributed by atoms with Gasteiger partial charge in [0.25, 0.3) is 5.91 Å². The number of benzene rings is 2. The number of ether oxygens (including phenoxy) is 1. The molecule has 1 amide bonds. The van der Waals surface area contributed by atoms with E-state index in [1.54, 1.807) is 11.8 Å². The third-order valence-electron chi connectivity index (χ3n) is 4.19. The van der Waals surface area contributed by atoms with E-state index in [1.807, 2.05) is 60.7 Å². The van der Waals surface area contributed by atoms with E-state index in [4.69, 9.17) is 0 Å². The van der Waals surface area contributed by atoms with Crippen LogP contribution in [0, 0.1) is 0 Å². The highest BCUT2D eigenvalue weighted by molar-refractivity contribution is 6.06. The monoisotopic (exact) mass is 336 g/mol. The number of hydrogen-bond donors (Lipinski definition) is 1. The number of carbonyl (C=O) groups excluding carboxylic acids is 2. The molecule has 1 N–H and O–H groups in total. The fourth-order valence-electron chi connectivity index (χ4n) is 3.02. The number of anilines is 1. The zero-order chi connectivity index (χ0) is 17.8. The van der Waals surface area contributed by atoms with E-state index < -0.39 is 12.0 Å². The molecule has 2 atom stereocenters. The molecule has 128 valence electrons. The molecule has 2 aromatic rings. The summed E-state index contributed by atoms with van der Waals surface area (Å²) in [6, 6.07) is 18.9. The minimum Gasteiger partial charge on any atom is -0.466 e. The Morgan fingerprint density at radius 1 is 1.08 bits per heavy atom. The summed E-state index contributed by atoms with van der Waals surface area (Å²) >= 11 is 0. The van der Waals surface area contributed by atoms with Crippen molar-refractivity contribution in [2.75, 3.05) is 12.0 Å². The Morgan fingerprint density at radius 2 is 1.68 bits per heavy atom. The van der Waals surface area contributed by atoms with Crippen LogP contribution in [-0.4, -0.2) is 25.0 Å². The van der Waals surface area contributed by atoms with Crippen molar-refractivity contribution in [1.82, 2.24) is 5.32 Å². The van der Waals surface area contributed by atoms with Crippen LogP contribution in [0.5, 0.6) is 0 Å². The lowest BCUT2D eigenvalue weighted by atomic mass is 9.87. The van der Waals surface area contributed by atoms with Crippen LogP contribution in [0.1, 0.15) is 18.5 Å². The quantitative estimate of drug-likeness (QED) is 0.518. The summed E-state index contributed by atoms with van der Waals surface area (Å²) < 4.78 is 4.63. The highest BCUT2D eigenvalue weighted by atomic mass is 16.5. The van der Waals surface area contributed by atoms with Crippen LogP contribution < -0.4 is 10.2 Å². The van der Waals surface area contributed by atoms with E-state index in [0.29, 0.717) is 5.70 Å². The Hall–Kier alpha value is -3.08. The summed E-state index contributed by atoms with van der Waals surface area (Å²) in [4.78, 5) is 25.9. The van der Waals surface area contributed by atoms with Crippen LogP contribution >= 0.6 is 0 Å². The number of hydrogen-bond acceptors (Lipinski definition) is 4. The molecule has 1 fully saturated rings. The fraction of sp³-hybridized carbons (Fsp3) is 0.200. The number of allylic oxidation sites excluding steroid dienone is 1. The minimum atomic E-state index is -0.451. The van der Waals surface area contributed by atoms with Gasteiger partial charge in [0.1, 0.15) is 6.04 Å². The van der Waals surface area contributed by atoms with Crippen molar-refractivity contribution in [3.8, 4) is 0 Å². The minimum absolute atomic E-state index is 0.0299. The molecule has 0 aliphatic carbocycles. The molecule has 25 heavy (non-hydrogen) atoms. The van der Waals surface area contributed by atoms with E-state index in [-0.39, 0.29) is 11.9 Å². The number of rotatable bonds is 5. The van der Waals surface area contributed by atoms with Gasteiger partial charge < -0.3 is 15.0 Å². The van der Waals surface area contributed by atoms with Crippen LogP contribution in [0.3, 0.4) is 0 Å². The van der Waals surface area contributed by atoms with Gasteiger partial charge in [-0.1, -0.05) is 48.5 Å². The zero-order valence-electron chi connectivity index (χ0n) is 14.2. The molecular weight excluding hydrogens is 316 g/mol. The van der Waals surface area contributed by atoms with E-state index in [2.05, 4.69) is 10.1 Å². The fourth-order valence-corrected chi connectivity index (χ4v) is 3.02. The van der Waals surface area contributed by atoms with Crippen molar-refractivity contribution in [3.05, 3.63) is 78.0 Å². The molecule has 1 heterocycles. The van der Waals surface area contributed by atoms with Gasteiger partial charge in [0.2, 0.25) is 0 Å². The van der Waals surface area contributed by atoms with E-state index in [1.165, 1.54) is 13.2 Å². The molecule has 1 aliphatic heterocycles. The number of β-lactam (4-membered cyclic amide) rings is 1. The topological polar surface area (TPSA) is 58.6 Å². The number of para-hydroxylation sites is 1. The van der Waals surface area contributed by atoms with Gasteiger partial charge in [0.05, 0.1) is 13.2 Å². The maximum absolute atomic E-state index is 12.8. The number of carbonyl (C=O) groups is 2. The van der Waals surface area contributed by atoms with Gasteiger partial charge in [-0.2, -0.15) is 0 Å². The number of nitrogens with one attached hydrogen (secondary N) is 1.